The summed E-state index contributed by atoms with van der Waals surface area (Å²) in [6, 6.07) is -0.385. The average molecular weight is 453 g/mol. The molecule has 2 aromatic rings. The molecule has 30 heavy (non-hydrogen) atoms. The van der Waals surface area contributed by atoms with Crippen LogP contribution >= 0.6 is 11.3 Å². The summed E-state index contributed by atoms with van der Waals surface area (Å²) in [7, 11) is -3.28. The van der Waals surface area contributed by atoms with Crippen molar-refractivity contribution in [2.24, 2.45) is 0 Å². The van der Waals surface area contributed by atoms with Crippen LogP contribution in [0.15, 0.2) is 24.4 Å². The molecule has 1 N–H and O–H groups in total. The zero-order chi connectivity index (χ0) is 21.2. The van der Waals surface area contributed by atoms with Crippen LogP contribution in [0.5, 0.6) is 0 Å². The number of rotatable bonds is 7. The largest absolute Gasteiger partial charge is 0.351 e. The zero-order valence-corrected chi connectivity index (χ0v) is 18.1. The van der Waals surface area contributed by atoms with Gasteiger partial charge in [-0.05, 0) is 19.3 Å². The van der Waals surface area contributed by atoms with Crippen molar-refractivity contribution in [1.29, 1.82) is 0 Å². The SMILES string of the molecule is O=C(CCc1cncs1)NC1CS(=O)(=O)C12CCN(C(=O)CCn1cncn1)CC2. The van der Waals surface area contributed by atoms with Crippen molar-refractivity contribution >= 4 is 33.0 Å². The van der Waals surface area contributed by atoms with Crippen molar-refractivity contribution in [3.05, 3.63) is 29.2 Å². The van der Waals surface area contributed by atoms with E-state index in [9.17, 15) is 18.0 Å². The van der Waals surface area contributed by atoms with Gasteiger partial charge in [-0.2, -0.15) is 5.10 Å². The highest BCUT2D eigenvalue weighted by molar-refractivity contribution is 7.94. The molecule has 4 heterocycles. The molecule has 0 radical (unpaired) electrons. The van der Waals surface area contributed by atoms with E-state index in [-0.39, 0.29) is 23.6 Å². The molecule has 162 valence electrons. The van der Waals surface area contributed by atoms with Gasteiger partial charge in [0.05, 0.1) is 28.6 Å². The number of sulfone groups is 1. The Hall–Kier alpha value is -2.34. The Balaban J connectivity index is 1.30. The summed E-state index contributed by atoms with van der Waals surface area (Å²) in [5.74, 6) is -0.198. The van der Waals surface area contributed by atoms with Crippen molar-refractivity contribution in [3.63, 3.8) is 0 Å². The highest BCUT2D eigenvalue weighted by atomic mass is 32.2. The number of aromatic nitrogens is 4. The summed E-state index contributed by atoms with van der Waals surface area (Å²) >= 11 is 1.50. The molecule has 12 heteroatoms. The van der Waals surface area contributed by atoms with Gasteiger partial charge < -0.3 is 10.2 Å². The maximum absolute atomic E-state index is 12.6. The van der Waals surface area contributed by atoms with Crippen molar-refractivity contribution in [1.82, 2.24) is 30.0 Å². The van der Waals surface area contributed by atoms with E-state index in [4.69, 9.17) is 0 Å². The fraction of sp³-hybridized carbons (Fsp3) is 0.611. The third-order valence-corrected chi connectivity index (χ3v) is 9.58. The summed E-state index contributed by atoms with van der Waals surface area (Å²) in [6.07, 6.45) is 6.61. The van der Waals surface area contributed by atoms with E-state index >= 15 is 0 Å². The van der Waals surface area contributed by atoms with E-state index in [1.165, 1.54) is 17.7 Å². The topological polar surface area (TPSA) is 127 Å². The van der Waals surface area contributed by atoms with Gasteiger partial charge in [0.1, 0.15) is 12.7 Å². The van der Waals surface area contributed by atoms with E-state index in [1.807, 2.05) is 0 Å². The molecule has 2 aliphatic heterocycles. The van der Waals surface area contributed by atoms with E-state index in [1.54, 1.807) is 27.6 Å². The van der Waals surface area contributed by atoms with Crippen molar-refractivity contribution in [3.8, 4) is 0 Å². The van der Waals surface area contributed by atoms with Crippen LogP contribution in [0.2, 0.25) is 0 Å². The molecule has 2 aromatic heterocycles. The Kier molecular flexibility index (Phi) is 5.87. The average Bonchev–Trinajstić information content (AvgIpc) is 3.44. The molecule has 1 spiro atoms. The molecule has 0 bridgehead atoms. The molecule has 0 aliphatic carbocycles. The maximum Gasteiger partial charge on any atom is 0.224 e. The minimum atomic E-state index is -3.28. The summed E-state index contributed by atoms with van der Waals surface area (Å²) in [4.78, 5) is 35.4. The fourth-order valence-corrected chi connectivity index (χ4v) is 7.06. The predicted molar refractivity (Wildman–Crippen MR) is 109 cm³/mol. The normalized spacial score (nSPS) is 21.9. The Morgan fingerprint density at radius 2 is 2.03 bits per heavy atom. The van der Waals surface area contributed by atoms with Gasteiger partial charge in [0.15, 0.2) is 9.84 Å². The fourth-order valence-electron chi connectivity index (χ4n) is 4.21. The van der Waals surface area contributed by atoms with Gasteiger partial charge in [-0.1, -0.05) is 0 Å². The molecular formula is C18H24N6O4S2. The van der Waals surface area contributed by atoms with Crippen molar-refractivity contribution in [2.75, 3.05) is 18.8 Å². The van der Waals surface area contributed by atoms with E-state index in [2.05, 4.69) is 20.4 Å². The Bertz CT molecular complexity index is 982. The first-order valence-electron chi connectivity index (χ1n) is 9.89. The molecule has 0 saturated carbocycles. The minimum Gasteiger partial charge on any atom is -0.351 e. The number of nitrogens with zero attached hydrogens (tertiary/aromatic N) is 5. The predicted octanol–water partition coefficient (Wildman–Crippen LogP) is 0.0319. The van der Waals surface area contributed by atoms with Crippen LogP contribution in [-0.4, -0.2) is 74.5 Å². The second-order valence-electron chi connectivity index (χ2n) is 7.72. The number of likely N-dealkylation sites (tertiary alicyclic amines) is 1. The Labute approximate surface area is 178 Å². The van der Waals surface area contributed by atoms with E-state index in [0.29, 0.717) is 51.7 Å². The van der Waals surface area contributed by atoms with E-state index in [0.717, 1.165) is 4.88 Å². The van der Waals surface area contributed by atoms with Gasteiger partial charge in [0.2, 0.25) is 11.8 Å². The smallest absolute Gasteiger partial charge is 0.224 e. The van der Waals surface area contributed by atoms with Gasteiger partial charge in [-0.3, -0.25) is 19.3 Å². The number of amides is 2. The maximum atomic E-state index is 12.6. The lowest BCUT2D eigenvalue weighted by molar-refractivity contribution is -0.133. The van der Waals surface area contributed by atoms with E-state index < -0.39 is 14.6 Å². The molecular weight excluding hydrogens is 428 g/mol. The van der Waals surface area contributed by atoms with Crippen LogP contribution in [-0.2, 0) is 32.4 Å². The van der Waals surface area contributed by atoms with Gasteiger partial charge in [0.25, 0.3) is 0 Å². The standard InChI is InChI=1S/C18H24N6O4S2/c25-16(2-1-14-9-19-13-29-14)22-15-10-30(27,28)18(15)4-7-23(8-5-18)17(26)3-6-24-12-20-11-21-24/h9,11-13,15H,1-8,10H2,(H,22,25). The van der Waals surface area contributed by atoms with Crippen LogP contribution in [0, 0.1) is 0 Å². The lowest BCUT2D eigenvalue weighted by Gasteiger charge is -2.52. The number of nitrogens with one attached hydrogen (secondary N) is 1. The zero-order valence-electron chi connectivity index (χ0n) is 16.4. The number of carbonyl (C=O) groups excluding carboxylic acids is 2. The molecule has 2 fully saturated rings. The first kappa shape index (κ1) is 20.9. The summed E-state index contributed by atoms with van der Waals surface area (Å²) < 4.78 is 25.9. The molecule has 2 amide bonds. The first-order chi connectivity index (χ1) is 14.4. The molecule has 2 aliphatic rings. The molecule has 10 nitrogen and oxygen atoms in total. The number of carbonyl (C=O) groups is 2. The van der Waals surface area contributed by atoms with Crippen LogP contribution in [0.4, 0.5) is 0 Å². The van der Waals surface area contributed by atoms with Gasteiger partial charge >= 0.3 is 0 Å². The summed E-state index contributed by atoms with van der Waals surface area (Å²) in [6.45, 7) is 1.20. The molecule has 0 aromatic carbocycles. The van der Waals surface area contributed by atoms with Crippen molar-refractivity contribution < 1.29 is 18.0 Å². The number of aryl methyl sites for hydroxylation is 2. The van der Waals surface area contributed by atoms with Gasteiger partial charge in [0, 0.05) is 37.0 Å². The summed E-state index contributed by atoms with van der Waals surface area (Å²) in [5.41, 5.74) is 1.72. The third-order valence-electron chi connectivity index (χ3n) is 6.04. The second-order valence-corrected chi connectivity index (χ2v) is 11.1. The molecule has 2 saturated heterocycles. The second kappa shape index (κ2) is 8.42. The molecule has 1 atom stereocenters. The highest BCUT2D eigenvalue weighted by Gasteiger charge is 2.61. The van der Waals surface area contributed by atoms with Crippen molar-refractivity contribution in [2.45, 2.75) is 49.4 Å². The molecule has 1 unspecified atom stereocenters. The Morgan fingerprint density at radius 1 is 1.23 bits per heavy atom. The number of hydrogen-bond acceptors (Lipinski definition) is 8. The number of piperidine rings is 1. The molecule has 4 rings (SSSR count). The van der Waals surface area contributed by atoms with Crippen LogP contribution < -0.4 is 5.32 Å². The monoisotopic (exact) mass is 452 g/mol. The lowest BCUT2D eigenvalue weighted by Crippen LogP contribution is -2.72. The number of hydrogen-bond donors (Lipinski definition) is 1. The van der Waals surface area contributed by atoms with Crippen LogP contribution in [0.3, 0.4) is 0 Å². The first-order valence-corrected chi connectivity index (χ1v) is 12.4. The van der Waals surface area contributed by atoms with Gasteiger partial charge in [-0.25, -0.2) is 13.4 Å². The Morgan fingerprint density at radius 3 is 2.67 bits per heavy atom. The lowest BCUT2D eigenvalue weighted by atomic mass is 9.87. The van der Waals surface area contributed by atoms with Gasteiger partial charge in [-0.15, -0.1) is 11.3 Å². The highest BCUT2D eigenvalue weighted by Crippen LogP contribution is 2.43. The van der Waals surface area contributed by atoms with Crippen LogP contribution in [0.1, 0.15) is 30.6 Å². The van der Waals surface area contributed by atoms with Crippen LogP contribution in [0.25, 0.3) is 0 Å². The quantitative estimate of drug-likeness (QED) is 0.628. The summed E-state index contributed by atoms with van der Waals surface area (Å²) in [5, 5.41) is 6.91. The minimum absolute atomic E-state index is 0.0257. The third kappa shape index (κ3) is 4.10. The number of thiazole rings is 1.